The fourth-order valence-corrected chi connectivity index (χ4v) is 6.47. The lowest BCUT2D eigenvalue weighted by molar-refractivity contribution is 0.0710. The molecule has 1 heterocycles. The number of hydrogen-bond donors (Lipinski definition) is 0. The van der Waals surface area contributed by atoms with Gasteiger partial charge < -0.3 is 4.90 Å². The molecular weight excluding hydrogens is 536 g/mol. The molecule has 196 valence electrons. The first-order chi connectivity index (χ1) is 17.6. The van der Waals surface area contributed by atoms with Crippen LogP contribution in [0.3, 0.4) is 0 Å². The van der Waals surface area contributed by atoms with E-state index in [4.69, 9.17) is 23.2 Å². The molecule has 4 rings (SSSR count). The van der Waals surface area contributed by atoms with E-state index in [1.165, 1.54) is 28.6 Å². The first-order valence-electron chi connectivity index (χ1n) is 11.9. The summed E-state index contributed by atoms with van der Waals surface area (Å²) in [4.78, 5) is 17.3. The molecule has 10 heteroatoms. The molecule has 37 heavy (non-hydrogen) atoms. The highest BCUT2D eigenvalue weighted by Crippen LogP contribution is 2.28. The van der Waals surface area contributed by atoms with E-state index in [-0.39, 0.29) is 21.6 Å². The lowest BCUT2D eigenvalue weighted by Crippen LogP contribution is -2.50. The minimum atomic E-state index is -3.77. The maximum absolute atomic E-state index is 13.4. The van der Waals surface area contributed by atoms with Gasteiger partial charge in [0.2, 0.25) is 10.0 Å². The van der Waals surface area contributed by atoms with Crippen LogP contribution in [0.1, 0.15) is 21.5 Å². The van der Waals surface area contributed by atoms with E-state index in [1.807, 2.05) is 25.1 Å². The van der Waals surface area contributed by atoms with Crippen LogP contribution < -0.4 is 0 Å². The first-order valence-corrected chi connectivity index (χ1v) is 14.1. The zero-order valence-electron chi connectivity index (χ0n) is 20.4. The minimum absolute atomic E-state index is 0.00409. The predicted molar refractivity (Wildman–Crippen MR) is 144 cm³/mol. The lowest BCUT2D eigenvalue weighted by atomic mass is 10.1. The summed E-state index contributed by atoms with van der Waals surface area (Å²) >= 11 is 12.1. The van der Waals surface area contributed by atoms with Gasteiger partial charge in [-0.15, -0.1) is 0 Å². The standard InChI is InChI=1S/C27H28Cl2FN3O3S/c1-20-4-2-3-5-24(20)27(34)32(19-21-6-9-23(30)10-7-21)15-12-31-13-16-33(17-14-31)37(35,36)26-18-22(28)8-11-25(26)29/h2-11,18H,12-17,19H2,1H3. The number of carbonyl (C=O) groups is 1. The van der Waals surface area contributed by atoms with Crippen LogP contribution in [0.15, 0.2) is 71.6 Å². The fourth-order valence-electron chi connectivity index (χ4n) is 4.32. The number of amides is 1. The van der Waals surface area contributed by atoms with Crippen molar-refractivity contribution in [2.45, 2.75) is 18.4 Å². The van der Waals surface area contributed by atoms with Crippen LogP contribution in [0.5, 0.6) is 0 Å². The zero-order valence-corrected chi connectivity index (χ0v) is 22.7. The number of nitrogens with zero attached hydrogens (tertiary/aromatic N) is 3. The van der Waals surface area contributed by atoms with Crippen molar-refractivity contribution in [1.82, 2.24) is 14.1 Å². The summed E-state index contributed by atoms with van der Waals surface area (Å²) in [5.41, 5.74) is 2.34. The smallest absolute Gasteiger partial charge is 0.254 e. The molecule has 1 fully saturated rings. The van der Waals surface area contributed by atoms with Gasteiger partial charge in [-0.2, -0.15) is 4.31 Å². The third-order valence-corrected chi connectivity index (χ3v) is 9.09. The SMILES string of the molecule is Cc1ccccc1C(=O)N(CCN1CCN(S(=O)(=O)c2cc(Cl)ccc2Cl)CC1)Cc1ccc(F)cc1. The third-order valence-electron chi connectivity index (χ3n) is 6.48. The van der Waals surface area contributed by atoms with E-state index in [9.17, 15) is 17.6 Å². The highest BCUT2D eigenvalue weighted by atomic mass is 35.5. The van der Waals surface area contributed by atoms with E-state index in [0.717, 1.165) is 11.1 Å². The summed E-state index contributed by atoms with van der Waals surface area (Å²) in [6, 6.07) is 18.0. The van der Waals surface area contributed by atoms with Gasteiger partial charge in [0.05, 0.1) is 5.02 Å². The summed E-state index contributed by atoms with van der Waals surface area (Å²) in [7, 11) is -3.77. The molecule has 1 aliphatic heterocycles. The summed E-state index contributed by atoms with van der Waals surface area (Å²) in [5.74, 6) is -0.424. The Labute approximate surface area is 227 Å². The van der Waals surface area contributed by atoms with Crippen molar-refractivity contribution < 1.29 is 17.6 Å². The summed E-state index contributed by atoms with van der Waals surface area (Å²) in [6.07, 6.45) is 0. The zero-order chi connectivity index (χ0) is 26.6. The molecule has 3 aromatic rings. The number of rotatable bonds is 8. The Morgan fingerprint density at radius 1 is 0.973 bits per heavy atom. The fraction of sp³-hybridized carbons (Fsp3) is 0.296. The quantitative estimate of drug-likeness (QED) is 0.383. The van der Waals surface area contributed by atoms with E-state index < -0.39 is 10.0 Å². The summed E-state index contributed by atoms with van der Waals surface area (Å²) < 4.78 is 41.1. The van der Waals surface area contributed by atoms with Crippen molar-refractivity contribution in [1.29, 1.82) is 0 Å². The number of carbonyl (C=O) groups excluding carboxylic acids is 1. The van der Waals surface area contributed by atoms with E-state index >= 15 is 0 Å². The van der Waals surface area contributed by atoms with Crippen LogP contribution in [0.2, 0.25) is 10.0 Å². The van der Waals surface area contributed by atoms with Crippen molar-refractivity contribution in [3.63, 3.8) is 0 Å². The number of sulfonamides is 1. The molecular formula is C27H28Cl2FN3O3S. The Kier molecular flexibility index (Phi) is 8.87. The number of piperazine rings is 1. The number of hydrogen-bond acceptors (Lipinski definition) is 4. The van der Waals surface area contributed by atoms with Gasteiger partial charge in [-0.3, -0.25) is 9.69 Å². The van der Waals surface area contributed by atoms with Gasteiger partial charge in [0.15, 0.2) is 0 Å². The van der Waals surface area contributed by atoms with Crippen LogP contribution in [0, 0.1) is 12.7 Å². The molecule has 1 aliphatic rings. The highest BCUT2D eigenvalue weighted by molar-refractivity contribution is 7.89. The Bertz CT molecular complexity index is 1360. The van der Waals surface area contributed by atoms with Crippen molar-refractivity contribution in [2.75, 3.05) is 39.3 Å². The van der Waals surface area contributed by atoms with Crippen molar-refractivity contribution >= 4 is 39.1 Å². The average molecular weight is 565 g/mol. The molecule has 6 nitrogen and oxygen atoms in total. The monoisotopic (exact) mass is 563 g/mol. The Morgan fingerprint density at radius 3 is 2.32 bits per heavy atom. The second-order valence-corrected chi connectivity index (χ2v) is 11.7. The Morgan fingerprint density at radius 2 is 1.65 bits per heavy atom. The van der Waals surface area contributed by atoms with Crippen molar-refractivity contribution in [3.05, 3.63) is 99.3 Å². The molecule has 0 saturated carbocycles. The van der Waals surface area contributed by atoms with E-state index in [1.54, 1.807) is 29.2 Å². The van der Waals surface area contributed by atoms with Gasteiger partial charge in [-0.05, 0) is 54.4 Å². The topological polar surface area (TPSA) is 60.9 Å². The number of halogens is 3. The third kappa shape index (κ3) is 6.69. The maximum Gasteiger partial charge on any atom is 0.254 e. The molecule has 3 aromatic carbocycles. The van der Waals surface area contributed by atoms with Crippen molar-refractivity contribution in [3.8, 4) is 0 Å². The number of aryl methyl sites for hydroxylation is 1. The highest BCUT2D eigenvalue weighted by Gasteiger charge is 2.30. The van der Waals surface area contributed by atoms with Gasteiger partial charge >= 0.3 is 0 Å². The molecule has 0 atom stereocenters. The van der Waals surface area contributed by atoms with Crippen LogP contribution in [0.4, 0.5) is 4.39 Å². The molecule has 1 amide bonds. The average Bonchev–Trinajstić information content (AvgIpc) is 2.89. The first kappa shape index (κ1) is 27.5. The van der Waals surface area contributed by atoms with Crippen molar-refractivity contribution in [2.24, 2.45) is 0 Å². The van der Waals surface area contributed by atoms with E-state index in [2.05, 4.69) is 4.90 Å². The van der Waals surface area contributed by atoms with Crippen LogP contribution in [0.25, 0.3) is 0 Å². The normalized spacial score (nSPS) is 15.0. The molecule has 0 radical (unpaired) electrons. The van der Waals surface area contributed by atoms with Gasteiger partial charge in [-0.1, -0.05) is 53.5 Å². The Balaban J connectivity index is 1.42. The maximum atomic E-state index is 13.4. The summed E-state index contributed by atoms with van der Waals surface area (Å²) in [5, 5.41) is 0.444. The van der Waals surface area contributed by atoms with Crippen LogP contribution in [-0.4, -0.2) is 67.7 Å². The molecule has 0 aromatic heterocycles. The number of benzene rings is 3. The lowest BCUT2D eigenvalue weighted by Gasteiger charge is -2.35. The molecule has 0 spiro atoms. The molecule has 0 aliphatic carbocycles. The van der Waals surface area contributed by atoms with Crippen LogP contribution >= 0.6 is 23.2 Å². The van der Waals surface area contributed by atoms with Gasteiger partial charge in [-0.25, -0.2) is 12.8 Å². The minimum Gasteiger partial charge on any atom is -0.333 e. The van der Waals surface area contributed by atoms with Gasteiger partial charge in [0, 0.05) is 56.4 Å². The van der Waals surface area contributed by atoms with Gasteiger partial charge in [0.25, 0.3) is 5.91 Å². The van der Waals surface area contributed by atoms with E-state index in [0.29, 0.717) is 56.4 Å². The second-order valence-electron chi connectivity index (χ2n) is 8.99. The molecule has 0 N–H and O–H groups in total. The molecule has 0 bridgehead atoms. The van der Waals surface area contributed by atoms with Crippen LogP contribution in [-0.2, 0) is 16.6 Å². The second kappa shape index (κ2) is 11.9. The molecule has 0 unspecified atom stereocenters. The predicted octanol–water partition coefficient (Wildman–Crippen LogP) is 5.09. The molecule has 1 saturated heterocycles. The summed E-state index contributed by atoms with van der Waals surface area (Å²) in [6.45, 7) is 4.89. The van der Waals surface area contributed by atoms with Gasteiger partial charge in [0.1, 0.15) is 10.7 Å². The Hall–Kier alpha value is -2.49. The largest absolute Gasteiger partial charge is 0.333 e.